The number of ether oxygens (including phenoxy) is 1. The van der Waals surface area contributed by atoms with Gasteiger partial charge in [-0.3, -0.25) is 9.69 Å². The van der Waals surface area contributed by atoms with Crippen molar-refractivity contribution in [1.82, 2.24) is 4.90 Å². The summed E-state index contributed by atoms with van der Waals surface area (Å²) in [6.07, 6.45) is 1.29. The Morgan fingerprint density at radius 2 is 2.10 bits per heavy atom. The van der Waals surface area contributed by atoms with Crippen LogP contribution in [0.3, 0.4) is 0 Å². The minimum Gasteiger partial charge on any atom is -0.430 e. The normalized spacial score (nSPS) is 18.9. The first-order valence-electron chi connectivity index (χ1n) is 6.11. The number of rotatable bonds is 4. The van der Waals surface area contributed by atoms with E-state index < -0.39 is 11.7 Å². The predicted molar refractivity (Wildman–Crippen MR) is 79.5 cm³/mol. The van der Waals surface area contributed by atoms with Crippen LogP contribution in [-0.2, 0) is 4.74 Å². The van der Waals surface area contributed by atoms with Crippen molar-refractivity contribution in [3.8, 4) is 0 Å². The zero-order chi connectivity index (χ0) is 14.5. The van der Waals surface area contributed by atoms with Crippen molar-refractivity contribution in [2.24, 2.45) is 0 Å². The van der Waals surface area contributed by atoms with Crippen LogP contribution in [0.25, 0.3) is 0 Å². The van der Waals surface area contributed by atoms with Gasteiger partial charge >= 0.3 is 6.09 Å². The molecule has 1 aliphatic heterocycles. The Labute approximate surface area is 126 Å². The van der Waals surface area contributed by atoms with Crippen molar-refractivity contribution < 1.29 is 14.3 Å². The summed E-state index contributed by atoms with van der Waals surface area (Å²) in [4.78, 5) is 25.4. The minimum atomic E-state index is -0.702. The van der Waals surface area contributed by atoms with E-state index in [1.807, 2.05) is 18.2 Å². The lowest BCUT2D eigenvalue weighted by molar-refractivity contribution is 0.0931. The SMILES string of the molecule is CC(Cl)OC(=O)N1C=CSC1CC(=O)c1ccccc1. The van der Waals surface area contributed by atoms with E-state index in [-0.39, 0.29) is 17.6 Å². The van der Waals surface area contributed by atoms with Crippen LogP contribution in [-0.4, -0.2) is 27.7 Å². The van der Waals surface area contributed by atoms with Crippen LogP contribution in [0, 0.1) is 0 Å². The van der Waals surface area contributed by atoms with Crippen LogP contribution < -0.4 is 0 Å². The Hall–Kier alpha value is -1.46. The van der Waals surface area contributed by atoms with E-state index in [2.05, 4.69) is 0 Å². The second-order valence-electron chi connectivity index (χ2n) is 4.20. The van der Waals surface area contributed by atoms with Gasteiger partial charge in [-0.15, -0.1) is 11.8 Å². The lowest BCUT2D eigenvalue weighted by atomic mass is 10.1. The van der Waals surface area contributed by atoms with Gasteiger partial charge in [0.1, 0.15) is 0 Å². The van der Waals surface area contributed by atoms with Crippen molar-refractivity contribution >= 4 is 35.2 Å². The molecule has 0 N–H and O–H groups in total. The summed E-state index contributed by atoms with van der Waals surface area (Å²) in [7, 11) is 0. The molecule has 0 aliphatic carbocycles. The molecule has 2 rings (SSSR count). The molecule has 0 radical (unpaired) electrons. The standard InChI is InChI=1S/C14H14ClNO3S/c1-10(15)19-14(18)16-7-8-20-13(16)9-12(17)11-5-3-2-4-6-11/h2-8,10,13H,9H2,1H3. The molecule has 6 heteroatoms. The molecule has 1 aromatic carbocycles. The average Bonchev–Trinajstić information content (AvgIpc) is 2.87. The number of ketones is 1. The summed E-state index contributed by atoms with van der Waals surface area (Å²) in [6.45, 7) is 1.57. The van der Waals surface area contributed by atoms with Crippen molar-refractivity contribution in [2.75, 3.05) is 0 Å². The van der Waals surface area contributed by atoms with Gasteiger partial charge in [-0.05, 0) is 12.3 Å². The predicted octanol–water partition coefficient (Wildman–Crippen LogP) is 3.83. The second-order valence-corrected chi connectivity index (χ2v) is 5.91. The molecule has 0 fully saturated rings. The lowest BCUT2D eigenvalue weighted by Gasteiger charge is -2.22. The van der Waals surface area contributed by atoms with Gasteiger partial charge in [0.2, 0.25) is 0 Å². The molecular weight excluding hydrogens is 298 g/mol. The van der Waals surface area contributed by atoms with E-state index in [0.717, 1.165) is 0 Å². The Morgan fingerprint density at radius 3 is 2.75 bits per heavy atom. The molecule has 0 bridgehead atoms. The van der Waals surface area contributed by atoms with Gasteiger partial charge in [0.25, 0.3) is 0 Å². The first-order chi connectivity index (χ1) is 9.58. The molecule has 20 heavy (non-hydrogen) atoms. The van der Waals surface area contributed by atoms with E-state index in [1.165, 1.54) is 16.7 Å². The third-order valence-corrected chi connectivity index (χ3v) is 3.77. The Balaban J connectivity index is 1.99. The van der Waals surface area contributed by atoms with Gasteiger partial charge in [-0.25, -0.2) is 4.79 Å². The van der Waals surface area contributed by atoms with Gasteiger partial charge in [-0.1, -0.05) is 41.9 Å². The van der Waals surface area contributed by atoms with Crippen LogP contribution in [0.4, 0.5) is 4.79 Å². The smallest absolute Gasteiger partial charge is 0.416 e. The summed E-state index contributed by atoms with van der Waals surface area (Å²) in [5.41, 5.74) is -0.0639. The maximum atomic E-state index is 12.1. The maximum absolute atomic E-state index is 12.1. The molecule has 0 aromatic heterocycles. The molecule has 1 amide bonds. The number of halogens is 1. The number of nitrogens with zero attached hydrogens (tertiary/aromatic N) is 1. The molecule has 1 aliphatic rings. The van der Waals surface area contributed by atoms with E-state index in [1.54, 1.807) is 30.7 Å². The van der Waals surface area contributed by atoms with Crippen LogP contribution in [0.5, 0.6) is 0 Å². The molecule has 1 aromatic rings. The van der Waals surface area contributed by atoms with Gasteiger partial charge in [0.15, 0.2) is 11.3 Å². The molecule has 106 valence electrons. The highest BCUT2D eigenvalue weighted by Crippen LogP contribution is 2.29. The number of carbonyl (C=O) groups excluding carboxylic acids is 2. The fourth-order valence-electron chi connectivity index (χ4n) is 1.78. The molecule has 0 spiro atoms. The summed E-state index contributed by atoms with van der Waals surface area (Å²) < 4.78 is 4.93. The van der Waals surface area contributed by atoms with Crippen LogP contribution >= 0.6 is 23.4 Å². The van der Waals surface area contributed by atoms with E-state index in [9.17, 15) is 9.59 Å². The van der Waals surface area contributed by atoms with Gasteiger partial charge in [0, 0.05) is 18.2 Å². The number of amides is 1. The van der Waals surface area contributed by atoms with Crippen LogP contribution in [0.2, 0.25) is 0 Å². The first-order valence-corrected chi connectivity index (χ1v) is 7.49. The number of alkyl halides is 1. The second kappa shape index (κ2) is 6.81. The zero-order valence-electron chi connectivity index (χ0n) is 10.9. The summed E-state index contributed by atoms with van der Waals surface area (Å²) in [5, 5.41) is 1.48. The Bertz CT molecular complexity index is 518. The third-order valence-electron chi connectivity index (χ3n) is 2.70. The number of carbonyl (C=O) groups is 2. The Kier molecular flexibility index (Phi) is 5.09. The first kappa shape index (κ1) is 14.9. The molecule has 2 unspecified atom stereocenters. The average molecular weight is 312 g/mol. The Morgan fingerprint density at radius 1 is 1.40 bits per heavy atom. The van der Waals surface area contributed by atoms with Gasteiger partial charge < -0.3 is 4.74 Å². The van der Waals surface area contributed by atoms with E-state index in [4.69, 9.17) is 16.3 Å². The van der Waals surface area contributed by atoms with Crippen molar-refractivity contribution in [3.63, 3.8) is 0 Å². The molecule has 0 saturated carbocycles. The molecule has 2 atom stereocenters. The number of hydrogen-bond acceptors (Lipinski definition) is 4. The van der Waals surface area contributed by atoms with E-state index >= 15 is 0 Å². The topological polar surface area (TPSA) is 46.6 Å². The lowest BCUT2D eigenvalue weighted by Crippen LogP contribution is -2.34. The monoisotopic (exact) mass is 311 g/mol. The zero-order valence-corrected chi connectivity index (χ0v) is 12.4. The number of hydrogen-bond donors (Lipinski definition) is 0. The number of thioether (sulfide) groups is 1. The molecule has 0 saturated heterocycles. The van der Waals surface area contributed by atoms with Crippen molar-refractivity contribution in [2.45, 2.75) is 24.3 Å². The maximum Gasteiger partial charge on any atom is 0.416 e. The fourth-order valence-corrected chi connectivity index (χ4v) is 2.77. The quantitative estimate of drug-likeness (QED) is 0.626. The highest BCUT2D eigenvalue weighted by Gasteiger charge is 2.29. The summed E-state index contributed by atoms with van der Waals surface area (Å²) in [6, 6.07) is 9.01. The largest absolute Gasteiger partial charge is 0.430 e. The van der Waals surface area contributed by atoms with Gasteiger partial charge in [0.05, 0.1) is 5.37 Å². The molecule has 1 heterocycles. The van der Waals surface area contributed by atoms with Gasteiger partial charge in [-0.2, -0.15) is 0 Å². The molecule has 4 nitrogen and oxygen atoms in total. The molecular formula is C14H14ClNO3S. The van der Waals surface area contributed by atoms with Crippen LogP contribution in [0.1, 0.15) is 23.7 Å². The van der Waals surface area contributed by atoms with Crippen molar-refractivity contribution in [1.29, 1.82) is 0 Å². The summed E-state index contributed by atoms with van der Waals surface area (Å²) in [5.74, 6) is -0.0106. The number of benzene rings is 1. The highest BCUT2D eigenvalue weighted by molar-refractivity contribution is 8.02. The van der Waals surface area contributed by atoms with E-state index in [0.29, 0.717) is 5.56 Å². The van der Waals surface area contributed by atoms with Crippen LogP contribution in [0.15, 0.2) is 41.9 Å². The number of Topliss-reactive ketones (excluding diaryl/α,β-unsaturated/α-hetero) is 1. The highest BCUT2D eigenvalue weighted by atomic mass is 35.5. The fraction of sp³-hybridized carbons (Fsp3) is 0.286. The third kappa shape index (κ3) is 3.77. The van der Waals surface area contributed by atoms with Crippen molar-refractivity contribution in [3.05, 3.63) is 47.5 Å². The minimum absolute atomic E-state index is 0.0106. The summed E-state index contributed by atoms with van der Waals surface area (Å²) >= 11 is 7.04.